The van der Waals surface area contributed by atoms with Crippen LogP contribution in [0, 0.1) is 5.41 Å². The number of carbonyl (C=O) groups is 1. The number of morpholine rings is 1. The van der Waals surface area contributed by atoms with Crippen LogP contribution in [0.2, 0.25) is 0 Å². The maximum atomic E-state index is 13.8. The standard InChI is InChI=1S/C24H31N3O3/c28-23(27-13-12-24(18-27)10-6-1-2-7-11-24)20-21(19-8-4-3-5-9-19)30-25-22(20)26-14-16-29-17-15-26/h3-5,8-9H,1-2,6-7,10-18H2. The molecule has 1 aromatic heterocycles. The zero-order valence-corrected chi connectivity index (χ0v) is 17.6. The largest absolute Gasteiger partial charge is 0.378 e. The molecule has 3 aliphatic rings. The summed E-state index contributed by atoms with van der Waals surface area (Å²) in [5.74, 6) is 1.32. The van der Waals surface area contributed by atoms with Crippen molar-refractivity contribution in [3.8, 4) is 11.3 Å². The van der Waals surface area contributed by atoms with E-state index < -0.39 is 0 Å². The fourth-order valence-corrected chi connectivity index (χ4v) is 5.41. The molecular formula is C24H31N3O3. The van der Waals surface area contributed by atoms with Crippen molar-refractivity contribution < 1.29 is 14.1 Å². The Morgan fingerprint density at radius 1 is 0.933 bits per heavy atom. The molecule has 2 saturated heterocycles. The predicted octanol–water partition coefficient (Wildman–Crippen LogP) is 4.36. The van der Waals surface area contributed by atoms with Crippen molar-refractivity contribution in [2.24, 2.45) is 5.41 Å². The van der Waals surface area contributed by atoms with Crippen molar-refractivity contribution in [2.45, 2.75) is 44.9 Å². The van der Waals surface area contributed by atoms with Gasteiger partial charge < -0.3 is 19.1 Å². The monoisotopic (exact) mass is 409 g/mol. The second-order valence-corrected chi connectivity index (χ2v) is 9.07. The summed E-state index contributed by atoms with van der Waals surface area (Å²) >= 11 is 0. The highest BCUT2D eigenvalue weighted by atomic mass is 16.5. The third kappa shape index (κ3) is 3.73. The highest BCUT2D eigenvalue weighted by Gasteiger charge is 2.42. The van der Waals surface area contributed by atoms with Crippen LogP contribution in [0.15, 0.2) is 34.9 Å². The van der Waals surface area contributed by atoms with E-state index in [9.17, 15) is 4.79 Å². The molecule has 1 amide bonds. The van der Waals surface area contributed by atoms with Crippen molar-refractivity contribution in [1.29, 1.82) is 0 Å². The average molecular weight is 410 g/mol. The van der Waals surface area contributed by atoms with Gasteiger partial charge in [-0.2, -0.15) is 0 Å². The minimum Gasteiger partial charge on any atom is -0.378 e. The van der Waals surface area contributed by atoms with Crippen LogP contribution in [0.1, 0.15) is 55.3 Å². The molecule has 2 aliphatic heterocycles. The highest BCUT2D eigenvalue weighted by molar-refractivity contribution is 6.04. The van der Waals surface area contributed by atoms with E-state index in [1.54, 1.807) is 0 Å². The Hall–Kier alpha value is -2.34. The molecule has 0 atom stereocenters. The van der Waals surface area contributed by atoms with Gasteiger partial charge in [0.25, 0.3) is 5.91 Å². The van der Waals surface area contributed by atoms with Crippen LogP contribution in [-0.2, 0) is 4.74 Å². The van der Waals surface area contributed by atoms with Crippen molar-refractivity contribution in [1.82, 2.24) is 10.1 Å². The fraction of sp³-hybridized carbons (Fsp3) is 0.583. The SMILES string of the molecule is O=C(c1c(N2CCOCC2)noc1-c1ccccc1)N1CCC2(CCCCCC2)C1. The third-order valence-electron chi connectivity index (χ3n) is 7.12. The number of rotatable bonds is 3. The summed E-state index contributed by atoms with van der Waals surface area (Å²) in [5.41, 5.74) is 1.83. The lowest BCUT2D eigenvalue weighted by Crippen LogP contribution is -2.38. The Kier molecular flexibility index (Phi) is 5.50. The Morgan fingerprint density at radius 3 is 2.40 bits per heavy atom. The Bertz CT molecular complexity index is 865. The normalized spacial score (nSPS) is 21.7. The molecule has 2 aromatic rings. The number of hydrogen-bond acceptors (Lipinski definition) is 5. The number of aromatic nitrogens is 1. The van der Waals surface area contributed by atoms with Crippen molar-refractivity contribution in [3.05, 3.63) is 35.9 Å². The third-order valence-corrected chi connectivity index (χ3v) is 7.12. The van der Waals surface area contributed by atoms with Crippen LogP contribution in [0.5, 0.6) is 0 Å². The van der Waals surface area contributed by atoms with Crippen molar-refractivity contribution in [3.63, 3.8) is 0 Å². The number of carbonyl (C=O) groups excluding carboxylic acids is 1. The molecule has 0 unspecified atom stereocenters. The van der Waals surface area contributed by atoms with E-state index in [1.807, 2.05) is 30.3 Å². The van der Waals surface area contributed by atoms with Crippen LogP contribution in [0.3, 0.4) is 0 Å². The van der Waals surface area contributed by atoms with Crippen LogP contribution in [0.25, 0.3) is 11.3 Å². The molecule has 1 saturated carbocycles. The molecule has 5 rings (SSSR count). The molecule has 3 fully saturated rings. The lowest BCUT2D eigenvalue weighted by Gasteiger charge is -2.29. The van der Waals surface area contributed by atoms with Gasteiger partial charge in [-0.25, -0.2) is 0 Å². The lowest BCUT2D eigenvalue weighted by molar-refractivity contribution is 0.0767. The molecule has 160 valence electrons. The van der Waals surface area contributed by atoms with Gasteiger partial charge in [0.1, 0.15) is 5.56 Å². The second-order valence-electron chi connectivity index (χ2n) is 9.07. The molecule has 30 heavy (non-hydrogen) atoms. The fourth-order valence-electron chi connectivity index (χ4n) is 5.41. The van der Waals surface area contributed by atoms with Gasteiger partial charge in [-0.3, -0.25) is 4.79 Å². The first kappa shape index (κ1) is 19.6. The summed E-state index contributed by atoms with van der Waals surface area (Å²) < 4.78 is 11.3. The van der Waals surface area contributed by atoms with Gasteiger partial charge >= 0.3 is 0 Å². The number of ether oxygens (including phenoxy) is 1. The zero-order chi connectivity index (χ0) is 20.4. The van der Waals surface area contributed by atoms with E-state index in [2.05, 4.69) is 15.0 Å². The van der Waals surface area contributed by atoms with Gasteiger partial charge in [-0.15, -0.1) is 0 Å². The molecule has 0 bridgehead atoms. The predicted molar refractivity (Wildman–Crippen MR) is 116 cm³/mol. The number of benzene rings is 1. The van der Waals surface area contributed by atoms with Crippen LogP contribution < -0.4 is 4.90 Å². The molecule has 1 aromatic carbocycles. The summed E-state index contributed by atoms with van der Waals surface area (Å²) in [6, 6.07) is 9.88. The average Bonchev–Trinajstić information content (AvgIpc) is 3.35. The lowest BCUT2D eigenvalue weighted by atomic mass is 9.80. The Morgan fingerprint density at radius 2 is 1.67 bits per heavy atom. The maximum absolute atomic E-state index is 13.8. The number of hydrogen-bond donors (Lipinski definition) is 0. The summed E-state index contributed by atoms with van der Waals surface area (Å²) in [6.07, 6.45) is 8.89. The minimum absolute atomic E-state index is 0.0673. The number of likely N-dealkylation sites (tertiary alicyclic amines) is 1. The van der Waals surface area contributed by atoms with E-state index >= 15 is 0 Å². The van der Waals surface area contributed by atoms with Crippen molar-refractivity contribution in [2.75, 3.05) is 44.3 Å². The van der Waals surface area contributed by atoms with E-state index in [0.717, 1.165) is 38.2 Å². The molecule has 6 heteroatoms. The summed E-state index contributed by atoms with van der Waals surface area (Å²) in [5, 5.41) is 4.38. The van der Waals surface area contributed by atoms with Gasteiger partial charge in [0, 0.05) is 31.7 Å². The van der Waals surface area contributed by atoms with E-state index in [1.165, 1.54) is 38.5 Å². The molecule has 0 N–H and O–H groups in total. The van der Waals surface area contributed by atoms with Gasteiger partial charge in [0.2, 0.25) is 0 Å². The minimum atomic E-state index is 0.0673. The first-order valence-electron chi connectivity index (χ1n) is 11.4. The smallest absolute Gasteiger partial charge is 0.261 e. The molecule has 6 nitrogen and oxygen atoms in total. The van der Waals surface area contributed by atoms with Crippen LogP contribution >= 0.6 is 0 Å². The van der Waals surface area contributed by atoms with E-state index in [0.29, 0.717) is 35.8 Å². The van der Waals surface area contributed by atoms with Crippen LogP contribution in [-0.4, -0.2) is 55.4 Å². The van der Waals surface area contributed by atoms with Crippen LogP contribution in [0.4, 0.5) is 5.82 Å². The molecule has 0 radical (unpaired) electrons. The zero-order valence-electron chi connectivity index (χ0n) is 17.6. The van der Waals surface area contributed by atoms with Crippen molar-refractivity contribution >= 4 is 11.7 Å². The number of anilines is 1. The molecular weight excluding hydrogens is 378 g/mol. The van der Waals surface area contributed by atoms with Gasteiger partial charge in [-0.05, 0) is 24.7 Å². The van der Waals surface area contributed by atoms with Gasteiger partial charge in [-0.1, -0.05) is 61.2 Å². The number of amides is 1. The Labute approximate surface area is 178 Å². The second kappa shape index (κ2) is 8.42. The Balaban J connectivity index is 1.47. The quantitative estimate of drug-likeness (QED) is 0.754. The number of nitrogens with zero attached hydrogens (tertiary/aromatic N) is 3. The first-order valence-corrected chi connectivity index (χ1v) is 11.4. The molecule has 1 spiro atoms. The maximum Gasteiger partial charge on any atom is 0.261 e. The summed E-state index contributed by atoms with van der Waals surface area (Å²) in [6.45, 7) is 4.45. The van der Waals surface area contributed by atoms with E-state index in [4.69, 9.17) is 9.26 Å². The topological polar surface area (TPSA) is 58.8 Å². The van der Waals surface area contributed by atoms with E-state index in [-0.39, 0.29) is 5.91 Å². The van der Waals surface area contributed by atoms with Gasteiger partial charge in [0.05, 0.1) is 13.2 Å². The first-order chi connectivity index (χ1) is 14.8. The highest BCUT2D eigenvalue weighted by Crippen LogP contribution is 2.44. The summed E-state index contributed by atoms with van der Waals surface area (Å²) in [7, 11) is 0. The summed E-state index contributed by atoms with van der Waals surface area (Å²) in [4.78, 5) is 18.0. The van der Waals surface area contributed by atoms with Gasteiger partial charge in [0.15, 0.2) is 11.6 Å². The molecule has 1 aliphatic carbocycles. The molecule has 3 heterocycles.